The van der Waals surface area contributed by atoms with Gasteiger partial charge in [-0.25, -0.2) is 9.97 Å². The van der Waals surface area contributed by atoms with Crippen LogP contribution in [0.15, 0.2) is 41.6 Å². The second kappa shape index (κ2) is 5.42. The van der Waals surface area contributed by atoms with E-state index in [0.29, 0.717) is 0 Å². The summed E-state index contributed by atoms with van der Waals surface area (Å²) >= 11 is 1.69. The maximum atomic E-state index is 4.71. The predicted molar refractivity (Wildman–Crippen MR) is 95.8 cm³/mol. The van der Waals surface area contributed by atoms with Crippen LogP contribution in [0.2, 0.25) is 0 Å². The second-order valence-electron chi connectivity index (χ2n) is 5.86. The average Bonchev–Trinajstić information content (AvgIpc) is 3.07. The number of para-hydroxylation sites is 2. The Morgan fingerprint density at radius 1 is 1.04 bits per heavy atom. The van der Waals surface area contributed by atoms with E-state index >= 15 is 0 Å². The molecule has 0 spiro atoms. The molecule has 4 rings (SSSR count). The van der Waals surface area contributed by atoms with Crippen LogP contribution in [0, 0.1) is 13.8 Å². The molecule has 0 amide bonds. The van der Waals surface area contributed by atoms with Crippen LogP contribution in [0.25, 0.3) is 22.1 Å². The molecule has 2 aromatic heterocycles. The van der Waals surface area contributed by atoms with Crippen LogP contribution in [0.5, 0.6) is 0 Å². The Morgan fingerprint density at radius 2 is 1.83 bits per heavy atom. The van der Waals surface area contributed by atoms with Gasteiger partial charge < -0.3 is 9.55 Å². The minimum Gasteiger partial charge on any atom is -0.333 e. The second-order valence-corrected chi connectivity index (χ2v) is 6.82. The van der Waals surface area contributed by atoms with Gasteiger partial charge in [0, 0.05) is 7.05 Å². The number of rotatable bonds is 3. The summed E-state index contributed by atoms with van der Waals surface area (Å²) in [5.41, 5.74) is 6.89. The lowest BCUT2D eigenvalue weighted by molar-refractivity contribution is 0.874. The topological polar surface area (TPSA) is 46.5 Å². The number of benzene rings is 2. The van der Waals surface area contributed by atoms with Crippen molar-refractivity contribution in [3.63, 3.8) is 0 Å². The molecule has 4 nitrogen and oxygen atoms in total. The van der Waals surface area contributed by atoms with Crippen molar-refractivity contribution in [3.8, 4) is 0 Å². The molecular weight excluding hydrogens is 304 g/mol. The highest BCUT2D eigenvalue weighted by Gasteiger charge is 2.10. The van der Waals surface area contributed by atoms with Crippen LogP contribution in [-0.2, 0) is 12.8 Å². The summed E-state index contributed by atoms with van der Waals surface area (Å²) in [6.45, 7) is 4.25. The molecule has 0 atom stereocenters. The van der Waals surface area contributed by atoms with Crippen molar-refractivity contribution in [2.45, 2.75) is 24.8 Å². The molecular formula is C18H18N4S. The van der Waals surface area contributed by atoms with Crippen molar-refractivity contribution in [2.24, 2.45) is 7.05 Å². The van der Waals surface area contributed by atoms with Crippen molar-refractivity contribution in [3.05, 3.63) is 53.3 Å². The Hall–Kier alpha value is -2.27. The first-order valence-corrected chi connectivity index (χ1v) is 8.60. The number of H-pyrrole nitrogens is 1. The SMILES string of the molecule is Cc1cc2nc(SCc3nc4ccccc4n3C)[nH]c2cc1C. The number of imidazole rings is 2. The molecule has 0 aliphatic rings. The van der Waals surface area contributed by atoms with E-state index in [4.69, 9.17) is 4.98 Å². The van der Waals surface area contributed by atoms with Gasteiger partial charge in [0.1, 0.15) is 5.82 Å². The van der Waals surface area contributed by atoms with E-state index in [1.807, 2.05) is 12.1 Å². The van der Waals surface area contributed by atoms with Crippen LogP contribution in [-0.4, -0.2) is 19.5 Å². The molecule has 0 unspecified atom stereocenters. The Kier molecular flexibility index (Phi) is 3.38. The van der Waals surface area contributed by atoms with Crippen molar-refractivity contribution in [1.29, 1.82) is 0 Å². The predicted octanol–water partition coefficient (Wildman–Crippen LogP) is 4.36. The molecule has 0 fully saturated rings. The van der Waals surface area contributed by atoms with Crippen molar-refractivity contribution < 1.29 is 0 Å². The molecule has 0 aliphatic heterocycles. The van der Waals surface area contributed by atoms with Crippen molar-refractivity contribution in [2.75, 3.05) is 0 Å². The number of nitrogens with zero attached hydrogens (tertiary/aromatic N) is 3. The zero-order valence-electron chi connectivity index (χ0n) is 13.4. The van der Waals surface area contributed by atoms with E-state index in [-0.39, 0.29) is 0 Å². The van der Waals surface area contributed by atoms with E-state index < -0.39 is 0 Å². The van der Waals surface area contributed by atoms with Crippen LogP contribution in [0.3, 0.4) is 0 Å². The fraction of sp³-hybridized carbons (Fsp3) is 0.222. The Balaban J connectivity index is 1.61. The number of aromatic amines is 1. The van der Waals surface area contributed by atoms with E-state index in [1.54, 1.807) is 11.8 Å². The quantitative estimate of drug-likeness (QED) is 0.570. The molecule has 0 aliphatic carbocycles. The van der Waals surface area contributed by atoms with Crippen molar-refractivity contribution >= 4 is 33.8 Å². The third kappa shape index (κ3) is 2.51. The minimum absolute atomic E-state index is 0.795. The summed E-state index contributed by atoms with van der Waals surface area (Å²) in [4.78, 5) is 12.8. The van der Waals surface area contributed by atoms with Crippen LogP contribution in [0.4, 0.5) is 0 Å². The Bertz CT molecular complexity index is 974. The highest BCUT2D eigenvalue weighted by Crippen LogP contribution is 2.25. The summed E-state index contributed by atoms with van der Waals surface area (Å²) in [7, 11) is 2.07. The fourth-order valence-electron chi connectivity index (χ4n) is 2.77. The fourth-order valence-corrected chi connectivity index (χ4v) is 3.64. The van der Waals surface area contributed by atoms with E-state index in [1.165, 1.54) is 16.6 Å². The summed E-state index contributed by atoms with van der Waals surface area (Å²) in [6.07, 6.45) is 0. The van der Waals surface area contributed by atoms with Gasteiger partial charge >= 0.3 is 0 Å². The smallest absolute Gasteiger partial charge is 0.166 e. The number of nitrogens with one attached hydrogen (secondary N) is 1. The summed E-state index contributed by atoms with van der Waals surface area (Å²) in [6, 6.07) is 12.5. The van der Waals surface area contributed by atoms with Gasteiger partial charge in [-0.05, 0) is 49.2 Å². The molecule has 116 valence electrons. The average molecular weight is 322 g/mol. The number of hydrogen-bond donors (Lipinski definition) is 1. The molecule has 0 saturated carbocycles. The number of fused-ring (bicyclic) bond motifs is 2. The number of thioether (sulfide) groups is 1. The van der Waals surface area contributed by atoms with Crippen molar-refractivity contribution in [1.82, 2.24) is 19.5 Å². The van der Waals surface area contributed by atoms with E-state index in [2.05, 4.69) is 59.7 Å². The van der Waals surface area contributed by atoms with Crippen LogP contribution >= 0.6 is 11.8 Å². The first kappa shape index (κ1) is 14.3. The first-order chi connectivity index (χ1) is 11.1. The standard InChI is InChI=1S/C18H18N4S/c1-11-8-14-15(9-12(11)2)21-18(20-14)23-10-17-19-13-6-4-5-7-16(13)22(17)3/h4-9H,10H2,1-3H3,(H,20,21). The number of aryl methyl sites for hydroxylation is 3. The van der Waals surface area contributed by atoms with E-state index in [9.17, 15) is 0 Å². The first-order valence-electron chi connectivity index (χ1n) is 7.62. The molecule has 1 N–H and O–H groups in total. The summed E-state index contributed by atoms with van der Waals surface area (Å²) < 4.78 is 2.15. The van der Waals surface area contributed by atoms with E-state index in [0.717, 1.165) is 33.3 Å². The minimum atomic E-state index is 0.795. The van der Waals surface area contributed by atoms with Gasteiger partial charge in [-0.1, -0.05) is 23.9 Å². The zero-order chi connectivity index (χ0) is 16.0. The third-order valence-electron chi connectivity index (χ3n) is 4.29. The lowest BCUT2D eigenvalue weighted by atomic mass is 10.1. The number of hydrogen-bond acceptors (Lipinski definition) is 3. The Morgan fingerprint density at radius 3 is 2.65 bits per heavy atom. The lowest BCUT2D eigenvalue weighted by Crippen LogP contribution is -1.95. The van der Waals surface area contributed by atoms with Crippen LogP contribution in [0.1, 0.15) is 17.0 Å². The molecule has 4 aromatic rings. The maximum Gasteiger partial charge on any atom is 0.166 e. The molecule has 0 radical (unpaired) electrons. The normalized spacial score (nSPS) is 11.6. The highest BCUT2D eigenvalue weighted by atomic mass is 32.2. The number of aromatic nitrogens is 4. The maximum absolute atomic E-state index is 4.71. The molecule has 0 bridgehead atoms. The van der Waals surface area contributed by atoms with Gasteiger partial charge in [-0.2, -0.15) is 0 Å². The largest absolute Gasteiger partial charge is 0.333 e. The molecule has 23 heavy (non-hydrogen) atoms. The monoisotopic (exact) mass is 322 g/mol. The van der Waals surface area contributed by atoms with Gasteiger partial charge in [0.15, 0.2) is 5.16 Å². The van der Waals surface area contributed by atoms with Gasteiger partial charge in [-0.3, -0.25) is 0 Å². The van der Waals surface area contributed by atoms with Gasteiger partial charge in [-0.15, -0.1) is 0 Å². The molecule has 5 heteroatoms. The summed E-state index contributed by atoms with van der Waals surface area (Å²) in [5.74, 6) is 1.85. The van der Waals surface area contributed by atoms with Crippen LogP contribution < -0.4 is 0 Å². The van der Waals surface area contributed by atoms with Gasteiger partial charge in [0.2, 0.25) is 0 Å². The third-order valence-corrected chi connectivity index (χ3v) is 5.16. The molecule has 2 heterocycles. The zero-order valence-corrected chi connectivity index (χ0v) is 14.2. The lowest BCUT2D eigenvalue weighted by Gasteiger charge is -2.00. The Labute approximate surface area is 139 Å². The molecule has 2 aromatic carbocycles. The van der Waals surface area contributed by atoms with Gasteiger partial charge in [0.25, 0.3) is 0 Å². The van der Waals surface area contributed by atoms with Gasteiger partial charge in [0.05, 0.1) is 27.8 Å². The highest BCUT2D eigenvalue weighted by molar-refractivity contribution is 7.98. The molecule has 0 saturated heterocycles. The summed E-state index contributed by atoms with van der Waals surface area (Å²) in [5, 5.41) is 0.942.